The number of piperazine rings is 1. The Morgan fingerprint density at radius 2 is 1.85 bits per heavy atom. The van der Waals surface area contributed by atoms with Gasteiger partial charge in [-0.25, -0.2) is 9.18 Å². The summed E-state index contributed by atoms with van der Waals surface area (Å²) in [6, 6.07) is 2.77. The van der Waals surface area contributed by atoms with E-state index in [1.54, 1.807) is 17.9 Å². The molecule has 0 radical (unpaired) electrons. The smallest absolute Gasteiger partial charge is 0.410 e. The van der Waals surface area contributed by atoms with Crippen LogP contribution in [0.1, 0.15) is 45.7 Å². The van der Waals surface area contributed by atoms with E-state index in [1.807, 2.05) is 34.6 Å². The van der Waals surface area contributed by atoms with Crippen LogP contribution in [0.4, 0.5) is 9.18 Å². The van der Waals surface area contributed by atoms with Gasteiger partial charge in [-0.05, 0) is 45.4 Å². The zero-order valence-electron chi connectivity index (χ0n) is 16.6. The van der Waals surface area contributed by atoms with Crippen molar-refractivity contribution < 1.29 is 19.0 Å². The molecule has 0 bridgehead atoms. The number of phenols is 1. The second-order valence-electron chi connectivity index (χ2n) is 6.55. The van der Waals surface area contributed by atoms with E-state index in [0.29, 0.717) is 5.56 Å². The third-order valence-electron chi connectivity index (χ3n) is 3.16. The van der Waals surface area contributed by atoms with Crippen molar-refractivity contribution in [2.45, 2.75) is 47.1 Å². The molecule has 0 atom stereocenters. The Labute approximate surface area is 155 Å². The number of ether oxygens (including phenoxy) is 1. The third kappa shape index (κ3) is 8.80. The van der Waals surface area contributed by atoms with Crippen molar-refractivity contribution in [3.63, 3.8) is 0 Å². The molecule has 6 nitrogen and oxygen atoms in total. The van der Waals surface area contributed by atoms with Gasteiger partial charge in [-0.2, -0.15) is 0 Å². The molecule has 0 aliphatic carbocycles. The van der Waals surface area contributed by atoms with Gasteiger partial charge in [-0.15, -0.1) is 0 Å². The number of rotatable bonds is 1. The maximum atomic E-state index is 12.7. The summed E-state index contributed by atoms with van der Waals surface area (Å²) in [5.74, 6) is -1.13. The van der Waals surface area contributed by atoms with E-state index >= 15 is 0 Å². The quantitative estimate of drug-likeness (QED) is 0.659. The number of aryl methyl sites for hydroxylation is 1. The lowest BCUT2D eigenvalue weighted by atomic mass is 10.1. The predicted molar refractivity (Wildman–Crippen MR) is 103 cm³/mol. The molecule has 148 valence electrons. The molecule has 1 heterocycles. The fraction of sp³-hybridized carbons (Fsp3) is 0.579. The summed E-state index contributed by atoms with van der Waals surface area (Å²) >= 11 is 0. The molecular formula is C19H32FN3O3. The van der Waals surface area contributed by atoms with E-state index in [-0.39, 0.29) is 17.3 Å². The molecule has 1 aliphatic rings. The molecule has 0 spiro atoms. The van der Waals surface area contributed by atoms with Crippen molar-refractivity contribution in [3.05, 3.63) is 29.1 Å². The van der Waals surface area contributed by atoms with E-state index in [2.05, 4.69) is 5.32 Å². The van der Waals surface area contributed by atoms with Crippen LogP contribution in [0.5, 0.6) is 5.75 Å². The normalized spacial score (nSPS) is 13.6. The monoisotopic (exact) mass is 369 g/mol. The lowest BCUT2D eigenvalue weighted by Gasteiger charge is -2.30. The lowest BCUT2D eigenvalue weighted by molar-refractivity contribution is 0.0229. The topological polar surface area (TPSA) is 85.7 Å². The molecular weight excluding hydrogens is 337 g/mol. The lowest BCUT2D eigenvalue weighted by Crippen LogP contribution is -2.48. The summed E-state index contributed by atoms with van der Waals surface area (Å²) in [5, 5.41) is 19.0. The summed E-state index contributed by atoms with van der Waals surface area (Å²) in [5.41, 5.74) is 0.517. The number of nitrogens with one attached hydrogen (secondary N) is 2. The second kappa shape index (κ2) is 11.5. The van der Waals surface area contributed by atoms with E-state index in [1.165, 1.54) is 6.07 Å². The summed E-state index contributed by atoms with van der Waals surface area (Å²) in [7, 11) is 0. The number of aromatic hydroxyl groups is 1. The largest absolute Gasteiger partial charge is 0.504 e. The first-order valence-electron chi connectivity index (χ1n) is 8.82. The first kappa shape index (κ1) is 23.9. The van der Waals surface area contributed by atoms with E-state index < -0.39 is 11.6 Å². The number of carbonyl (C=O) groups is 1. The highest BCUT2D eigenvalue weighted by Gasteiger charge is 2.22. The average Bonchev–Trinajstić information content (AvgIpc) is 2.59. The molecule has 3 N–H and O–H groups in total. The Balaban J connectivity index is 0.000000444. The Hall–Kier alpha value is -2.15. The molecule has 1 aliphatic heterocycles. The summed E-state index contributed by atoms with van der Waals surface area (Å²) in [4.78, 5) is 13.2. The van der Waals surface area contributed by atoms with Crippen LogP contribution in [-0.4, -0.2) is 54.1 Å². The van der Waals surface area contributed by atoms with Crippen LogP contribution in [0.15, 0.2) is 12.1 Å². The highest BCUT2D eigenvalue weighted by molar-refractivity contribution is 5.81. The van der Waals surface area contributed by atoms with Gasteiger partial charge in [0.15, 0.2) is 11.6 Å². The number of phenolic OH excluding ortho intramolecular Hbond substituents is 1. The average molecular weight is 369 g/mol. The first-order valence-corrected chi connectivity index (χ1v) is 8.82. The predicted octanol–water partition coefficient (Wildman–Crippen LogP) is 3.69. The van der Waals surface area contributed by atoms with Crippen molar-refractivity contribution in [2.75, 3.05) is 26.2 Å². The van der Waals surface area contributed by atoms with Gasteiger partial charge < -0.3 is 25.5 Å². The fourth-order valence-electron chi connectivity index (χ4n) is 2.05. The molecule has 1 fully saturated rings. The van der Waals surface area contributed by atoms with Gasteiger partial charge in [-0.3, -0.25) is 0 Å². The van der Waals surface area contributed by atoms with Crippen LogP contribution in [0.25, 0.3) is 0 Å². The second-order valence-corrected chi connectivity index (χ2v) is 6.55. The number of halogens is 1. The number of hydrogen-bond donors (Lipinski definition) is 3. The Morgan fingerprint density at radius 3 is 2.31 bits per heavy atom. The molecule has 2 rings (SSSR count). The minimum absolute atomic E-state index is 0.200. The van der Waals surface area contributed by atoms with Crippen molar-refractivity contribution in [1.29, 1.82) is 5.41 Å². The third-order valence-corrected chi connectivity index (χ3v) is 3.16. The standard InChI is InChI=1S/C9H18N2O2.C8H8FNO.C2H6/c1-9(2,3)13-8(12)11-6-4-10-5-7-11;1-5-2-6(4-10)8(11)7(9)3-5;1-2/h10H,4-7H2,1-3H3;2-4,10-11H,1H3;1-2H3. The molecule has 26 heavy (non-hydrogen) atoms. The van der Waals surface area contributed by atoms with Gasteiger partial charge >= 0.3 is 6.09 Å². The minimum Gasteiger partial charge on any atom is -0.504 e. The van der Waals surface area contributed by atoms with Gasteiger partial charge in [-0.1, -0.05) is 13.8 Å². The maximum Gasteiger partial charge on any atom is 0.410 e. The zero-order chi connectivity index (χ0) is 20.3. The van der Waals surface area contributed by atoms with E-state index in [9.17, 15) is 9.18 Å². The van der Waals surface area contributed by atoms with Crippen LogP contribution in [0.2, 0.25) is 0 Å². The number of nitrogens with zero attached hydrogens (tertiary/aromatic N) is 1. The maximum absolute atomic E-state index is 12.7. The number of benzene rings is 1. The van der Waals surface area contributed by atoms with Crippen LogP contribution in [-0.2, 0) is 4.74 Å². The van der Waals surface area contributed by atoms with Crippen molar-refractivity contribution >= 4 is 12.3 Å². The molecule has 7 heteroatoms. The van der Waals surface area contributed by atoms with Crippen molar-refractivity contribution in [2.24, 2.45) is 0 Å². The summed E-state index contributed by atoms with van der Waals surface area (Å²) in [6.07, 6.45) is 0.722. The molecule has 0 saturated carbocycles. The number of carbonyl (C=O) groups excluding carboxylic acids is 1. The molecule has 1 aromatic rings. The fourth-order valence-corrected chi connectivity index (χ4v) is 2.05. The highest BCUT2D eigenvalue weighted by Crippen LogP contribution is 2.20. The van der Waals surface area contributed by atoms with Gasteiger partial charge in [0.2, 0.25) is 0 Å². The van der Waals surface area contributed by atoms with Crippen LogP contribution in [0.3, 0.4) is 0 Å². The first-order chi connectivity index (χ1) is 12.1. The number of hydrogen-bond acceptors (Lipinski definition) is 5. The minimum atomic E-state index is -0.677. The summed E-state index contributed by atoms with van der Waals surface area (Å²) in [6.45, 7) is 14.6. The molecule has 1 amide bonds. The van der Waals surface area contributed by atoms with E-state index in [4.69, 9.17) is 15.3 Å². The zero-order valence-corrected chi connectivity index (χ0v) is 16.6. The van der Waals surface area contributed by atoms with Crippen LogP contribution >= 0.6 is 0 Å². The van der Waals surface area contributed by atoms with Crippen LogP contribution in [0, 0.1) is 18.2 Å². The Morgan fingerprint density at radius 1 is 1.31 bits per heavy atom. The highest BCUT2D eigenvalue weighted by atomic mass is 19.1. The molecule has 0 unspecified atom stereocenters. The molecule has 1 saturated heterocycles. The summed E-state index contributed by atoms with van der Waals surface area (Å²) < 4.78 is 17.9. The van der Waals surface area contributed by atoms with Crippen molar-refractivity contribution in [3.8, 4) is 5.75 Å². The Kier molecular flexibility index (Phi) is 10.5. The van der Waals surface area contributed by atoms with Gasteiger partial charge in [0, 0.05) is 38.0 Å². The van der Waals surface area contributed by atoms with Gasteiger partial charge in [0.25, 0.3) is 0 Å². The van der Waals surface area contributed by atoms with Gasteiger partial charge in [0.1, 0.15) is 5.60 Å². The SMILES string of the molecule is CC.CC(C)(C)OC(=O)N1CCNCC1.Cc1cc(F)c(O)c(C=N)c1. The van der Waals surface area contributed by atoms with Crippen LogP contribution < -0.4 is 5.32 Å². The van der Waals surface area contributed by atoms with E-state index in [0.717, 1.165) is 32.4 Å². The van der Waals surface area contributed by atoms with Crippen molar-refractivity contribution in [1.82, 2.24) is 10.2 Å². The molecule has 0 aromatic heterocycles. The molecule has 1 aromatic carbocycles. The van der Waals surface area contributed by atoms with Gasteiger partial charge in [0.05, 0.1) is 0 Å². The Bertz CT molecular complexity index is 580. The number of amides is 1.